The summed E-state index contributed by atoms with van der Waals surface area (Å²) in [6.07, 6.45) is -0.545. The molecule has 0 aliphatic carbocycles. The lowest BCUT2D eigenvalue weighted by Gasteiger charge is -2.28. The highest BCUT2D eigenvalue weighted by Gasteiger charge is 2.49. The molecule has 2 N–H and O–H groups in total. The molecule has 2 aromatic heterocycles. The quantitative estimate of drug-likeness (QED) is 0.513. The highest BCUT2D eigenvalue weighted by Crippen LogP contribution is 2.39. The van der Waals surface area contributed by atoms with E-state index in [4.69, 9.17) is 5.73 Å². The van der Waals surface area contributed by atoms with Gasteiger partial charge in [-0.05, 0) is 29.5 Å². The lowest BCUT2D eigenvalue weighted by molar-refractivity contribution is -0.141. The normalized spacial score (nSPS) is 19.0. The van der Waals surface area contributed by atoms with Crippen LogP contribution in [0.2, 0.25) is 0 Å². The fourth-order valence-electron chi connectivity index (χ4n) is 5.08. The van der Waals surface area contributed by atoms with Gasteiger partial charge in [0.05, 0.1) is 36.6 Å². The highest BCUT2D eigenvalue weighted by atomic mass is 19.4. The van der Waals surface area contributed by atoms with Crippen molar-refractivity contribution in [3.8, 4) is 0 Å². The molecular formula is C27H26F3N7O2. The van der Waals surface area contributed by atoms with E-state index in [2.05, 4.69) is 19.9 Å². The first-order valence-corrected chi connectivity index (χ1v) is 12.4. The van der Waals surface area contributed by atoms with Crippen LogP contribution < -0.4 is 5.73 Å². The zero-order chi connectivity index (χ0) is 27.9. The van der Waals surface area contributed by atoms with Crippen LogP contribution in [0.1, 0.15) is 58.8 Å². The van der Waals surface area contributed by atoms with Gasteiger partial charge in [0.25, 0.3) is 11.8 Å². The molecule has 4 heterocycles. The Morgan fingerprint density at radius 1 is 1.08 bits per heavy atom. The number of fused-ring (bicyclic) bond motifs is 1. The lowest BCUT2D eigenvalue weighted by Crippen LogP contribution is -2.43. The number of amides is 2. The number of nitrogens with two attached hydrogens (primary N) is 1. The number of aliphatic imine (C=N–C) groups is 1. The molecule has 0 fully saturated rings. The topological polar surface area (TPSA) is 118 Å². The van der Waals surface area contributed by atoms with Gasteiger partial charge in [0.1, 0.15) is 0 Å². The molecular weight excluding hydrogens is 511 g/mol. The molecule has 1 atom stereocenters. The maximum Gasteiger partial charge on any atom is 0.434 e. The molecule has 5 rings (SSSR count). The lowest BCUT2D eigenvalue weighted by atomic mass is 9.82. The van der Waals surface area contributed by atoms with Gasteiger partial charge in [0.2, 0.25) is 0 Å². The second-order valence-corrected chi connectivity index (χ2v) is 10.0. The Morgan fingerprint density at radius 3 is 2.31 bits per heavy atom. The summed E-state index contributed by atoms with van der Waals surface area (Å²) < 4.78 is 41.6. The molecule has 3 aromatic rings. The molecule has 39 heavy (non-hydrogen) atoms. The van der Waals surface area contributed by atoms with Crippen molar-refractivity contribution in [2.24, 2.45) is 16.6 Å². The summed E-state index contributed by atoms with van der Waals surface area (Å²) in [7, 11) is 0. The maximum atomic E-state index is 13.9. The van der Waals surface area contributed by atoms with E-state index in [9.17, 15) is 22.8 Å². The van der Waals surface area contributed by atoms with Gasteiger partial charge in [-0.1, -0.05) is 44.2 Å². The van der Waals surface area contributed by atoms with Crippen LogP contribution in [0, 0.1) is 5.92 Å². The number of carbonyl (C=O) groups excluding carboxylic acids is 2. The molecule has 0 unspecified atom stereocenters. The van der Waals surface area contributed by atoms with E-state index in [-0.39, 0.29) is 43.0 Å². The van der Waals surface area contributed by atoms with Gasteiger partial charge in [-0.15, -0.1) is 0 Å². The van der Waals surface area contributed by atoms with Crippen LogP contribution in [0.25, 0.3) is 0 Å². The van der Waals surface area contributed by atoms with Crippen LogP contribution in [-0.4, -0.2) is 42.5 Å². The van der Waals surface area contributed by atoms with Crippen LogP contribution >= 0.6 is 0 Å². The monoisotopic (exact) mass is 537 g/mol. The third-order valence-corrected chi connectivity index (χ3v) is 6.75. The Hall–Kier alpha value is -4.35. The summed E-state index contributed by atoms with van der Waals surface area (Å²) in [4.78, 5) is 46.1. The molecule has 2 amide bonds. The molecule has 0 radical (unpaired) electrons. The standard InChI is InChI=1S/C27H26F3N7O2/c1-16(2)11-26(18-6-4-3-5-7-18)24(39)37(25(31)35-26)13-17-10-19(22(34-12-17)27(28,29)30)23(38)36-14-20-21(15-36)33-9-8-32-20/h3-10,12,16H,11,13-15H2,1-2H3,(H2,31,35)/t26-/m1/s1. The molecule has 0 bridgehead atoms. The minimum absolute atomic E-state index is 0.0303. The van der Waals surface area contributed by atoms with E-state index in [0.29, 0.717) is 23.4 Å². The molecule has 0 saturated heterocycles. The number of carbonyl (C=O) groups is 2. The SMILES string of the molecule is CC(C)C[C@]1(c2ccccc2)N=C(N)N(Cc2cnc(C(F)(F)F)c(C(=O)N3Cc4nccnc4C3)c2)C1=O. The van der Waals surface area contributed by atoms with Crippen molar-refractivity contribution in [1.82, 2.24) is 24.8 Å². The fourth-order valence-corrected chi connectivity index (χ4v) is 5.08. The summed E-state index contributed by atoms with van der Waals surface area (Å²) in [5.41, 5.74) is 4.97. The first-order chi connectivity index (χ1) is 18.5. The van der Waals surface area contributed by atoms with E-state index in [1.807, 2.05) is 19.9 Å². The summed E-state index contributed by atoms with van der Waals surface area (Å²) in [5.74, 6) is -1.20. The maximum absolute atomic E-state index is 13.9. The van der Waals surface area contributed by atoms with Crippen molar-refractivity contribution in [3.05, 3.63) is 88.8 Å². The van der Waals surface area contributed by atoms with Crippen molar-refractivity contribution >= 4 is 17.8 Å². The summed E-state index contributed by atoms with van der Waals surface area (Å²) >= 11 is 0. The summed E-state index contributed by atoms with van der Waals surface area (Å²) in [6.45, 7) is 3.79. The number of alkyl halides is 3. The van der Waals surface area contributed by atoms with Crippen LogP contribution in [0.15, 0.2) is 60.0 Å². The number of nitrogens with zero attached hydrogens (tertiary/aromatic N) is 6. The van der Waals surface area contributed by atoms with Gasteiger partial charge in [0.15, 0.2) is 17.2 Å². The Bertz CT molecular complexity index is 1430. The zero-order valence-electron chi connectivity index (χ0n) is 21.3. The number of rotatable bonds is 6. The number of hydrogen-bond acceptors (Lipinski definition) is 7. The molecule has 12 heteroatoms. The van der Waals surface area contributed by atoms with Crippen molar-refractivity contribution in [2.75, 3.05) is 0 Å². The van der Waals surface area contributed by atoms with Gasteiger partial charge in [-0.25, -0.2) is 4.99 Å². The average Bonchev–Trinajstić information content (AvgIpc) is 3.43. The van der Waals surface area contributed by atoms with Crippen LogP contribution in [0.4, 0.5) is 13.2 Å². The van der Waals surface area contributed by atoms with Gasteiger partial charge >= 0.3 is 6.18 Å². The second kappa shape index (κ2) is 9.75. The highest BCUT2D eigenvalue weighted by molar-refractivity contribution is 6.07. The first-order valence-electron chi connectivity index (χ1n) is 12.4. The number of pyridine rings is 1. The minimum atomic E-state index is -4.86. The second-order valence-electron chi connectivity index (χ2n) is 10.0. The first kappa shape index (κ1) is 26.3. The van der Waals surface area contributed by atoms with Crippen molar-refractivity contribution in [2.45, 2.75) is 51.6 Å². The van der Waals surface area contributed by atoms with Gasteiger partial charge in [0, 0.05) is 18.6 Å². The number of benzene rings is 1. The Labute approximate surface area is 222 Å². The third kappa shape index (κ3) is 4.82. The van der Waals surface area contributed by atoms with E-state index in [0.717, 1.165) is 12.3 Å². The number of guanidine groups is 1. The number of halogens is 3. The van der Waals surface area contributed by atoms with E-state index < -0.39 is 28.9 Å². The van der Waals surface area contributed by atoms with E-state index in [1.165, 1.54) is 22.2 Å². The molecule has 2 aliphatic heterocycles. The molecule has 0 spiro atoms. The molecule has 9 nitrogen and oxygen atoms in total. The average molecular weight is 538 g/mol. The van der Waals surface area contributed by atoms with Crippen LogP contribution in [0.5, 0.6) is 0 Å². The van der Waals surface area contributed by atoms with Crippen LogP contribution in [-0.2, 0) is 36.1 Å². The number of aromatic nitrogens is 3. The zero-order valence-corrected chi connectivity index (χ0v) is 21.3. The van der Waals surface area contributed by atoms with E-state index >= 15 is 0 Å². The molecule has 2 aliphatic rings. The molecule has 202 valence electrons. The van der Waals surface area contributed by atoms with Crippen LogP contribution in [0.3, 0.4) is 0 Å². The van der Waals surface area contributed by atoms with Crippen molar-refractivity contribution < 1.29 is 22.8 Å². The van der Waals surface area contributed by atoms with Crippen molar-refractivity contribution in [1.29, 1.82) is 0 Å². The summed E-state index contributed by atoms with van der Waals surface area (Å²) in [5, 5.41) is 0. The molecule has 1 aromatic carbocycles. The third-order valence-electron chi connectivity index (χ3n) is 6.75. The van der Waals surface area contributed by atoms with Crippen molar-refractivity contribution in [3.63, 3.8) is 0 Å². The van der Waals surface area contributed by atoms with Gasteiger partial charge in [-0.2, -0.15) is 13.2 Å². The Balaban J connectivity index is 1.47. The van der Waals surface area contributed by atoms with Gasteiger partial charge < -0.3 is 10.6 Å². The summed E-state index contributed by atoms with van der Waals surface area (Å²) in [6, 6.07) is 10.2. The predicted octanol–water partition coefficient (Wildman–Crippen LogP) is 3.64. The predicted molar refractivity (Wildman–Crippen MR) is 135 cm³/mol. The minimum Gasteiger partial charge on any atom is -0.369 e. The Kier molecular flexibility index (Phi) is 6.57. The Morgan fingerprint density at radius 2 is 1.72 bits per heavy atom. The number of hydrogen-bond donors (Lipinski definition) is 1. The fraction of sp³-hybridized carbons (Fsp3) is 0.333. The molecule has 0 saturated carbocycles. The van der Waals surface area contributed by atoms with Gasteiger partial charge in [-0.3, -0.25) is 29.4 Å². The largest absolute Gasteiger partial charge is 0.434 e. The van der Waals surface area contributed by atoms with E-state index in [1.54, 1.807) is 24.3 Å². The smallest absolute Gasteiger partial charge is 0.369 e.